The first-order valence-corrected chi connectivity index (χ1v) is 6.31. The van der Waals surface area contributed by atoms with Gasteiger partial charge in [0.25, 0.3) is 5.91 Å². The van der Waals surface area contributed by atoms with Gasteiger partial charge in [0.05, 0.1) is 5.56 Å². The molecule has 1 amide bonds. The van der Waals surface area contributed by atoms with Crippen molar-refractivity contribution in [3.05, 3.63) is 29.3 Å². The Bertz CT molecular complexity index is 455. The van der Waals surface area contributed by atoms with Gasteiger partial charge >= 0.3 is 0 Å². The summed E-state index contributed by atoms with van der Waals surface area (Å²) in [6.45, 7) is 2.37. The Kier molecular flexibility index (Phi) is 3.57. The third kappa shape index (κ3) is 2.48. The van der Waals surface area contributed by atoms with Crippen LogP contribution in [0.25, 0.3) is 0 Å². The predicted molar refractivity (Wildman–Crippen MR) is 70.5 cm³/mol. The molecule has 1 aromatic carbocycles. The highest BCUT2D eigenvalue weighted by atomic mass is 16.3. The van der Waals surface area contributed by atoms with Crippen molar-refractivity contribution in [3.8, 4) is 5.75 Å². The van der Waals surface area contributed by atoms with E-state index < -0.39 is 0 Å². The number of aromatic hydroxyl groups is 1. The molecular weight excluding hydrogens is 228 g/mol. The van der Waals surface area contributed by atoms with E-state index >= 15 is 0 Å². The van der Waals surface area contributed by atoms with E-state index in [9.17, 15) is 9.90 Å². The van der Waals surface area contributed by atoms with Crippen LogP contribution in [0.1, 0.15) is 28.8 Å². The minimum absolute atomic E-state index is 0.0315. The lowest BCUT2D eigenvalue weighted by Gasteiger charge is -2.27. The number of hydrogen-bond donors (Lipinski definition) is 2. The summed E-state index contributed by atoms with van der Waals surface area (Å²) in [6.07, 6.45) is 2.28. The van der Waals surface area contributed by atoms with Crippen molar-refractivity contribution in [2.75, 3.05) is 13.6 Å². The largest absolute Gasteiger partial charge is 0.507 e. The molecule has 0 spiro atoms. The molecule has 1 atom stereocenters. The third-order valence-electron chi connectivity index (χ3n) is 3.61. The summed E-state index contributed by atoms with van der Waals surface area (Å²) < 4.78 is 0. The van der Waals surface area contributed by atoms with Gasteiger partial charge in [-0.1, -0.05) is 11.6 Å². The van der Waals surface area contributed by atoms with Crippen LogP contribution in [0.2, 0.25) is 0 Å². The van der Waals surface area contributed by atoms with Crippen LogP contribution in [-0.2, 0) is 0 Å². The fraction of sp³-hybridized carbons (Fsp3) is 0.500. The second kappa shape index (κ2) is 4.98. The van der Waals surface area contributed by atoms with E-state index in [0.717, 1.165) is 18.4 Å². The second-order valence-electron chi connectivity index (χ2n) is 5.08. The molecule has 0 aliphatic heterocycles. The molecule has 1 aromatic rings. The van der Waals surface area contributed by atoms with Crippen LogP contribution in [0.4, 0.5) is 0 Å². The SMILES string of the molecule is Cc1ccc(O)c(C(=O)N(C)C(CN)C2CC2)c1. The smallest absolute Gasteiger partial charge is 0.257 e. The zero-order valence-corrected chi connectivity index (χ0v) is 10.9. The lowest BCUT2D eigenvalue weighted by atomic mass is 10.1. The van der Waals surface area contributed by atoms with Gasteiger partial charge in [-0.15, -0.1) is 0 Å². The average Bonchev–Trinajstić information content (AvgIpc) is 3.16. The van der Waals surface area contributed by atoms with Gasteiger partial charge in [-0.05, 0) is 37.8 Å². The van der Waals surface area contributed by atoms with E-state index in [0.29, 0.717) is 18.0 Å². The molecular formula is C14H20N2O2. The number of aryl methyl sites for hydroxylation is 1. The maximum Gasteiger partial charge on any atom is 0.257 e. The predicted octanol–water partition coefficient (Wildman–Crippen LogP) is 1.51. The first-order chi connectivity index (χ1) is 8.54. The van der Waals surface area contributed by atoms with Crippen molar-refractivity contribution in [3.63, 3.8) is 0 Å². The quantitative estimate of drug-likeness (QED) is 0.848. The number of benzene rings is 1. The lowest BCUT2D eigenvalue weighted by molar-refractivity contribution is 0.0715. The molecule has 1 aliphatic rings. The normalized spacial score (nSPS) is 16.4. The zero-order valence-electron chi connectivity index (χ0n) is 10.9. The molecule has 18 heavy (non-hydrogen) atoms. The van der Waals surface area contributed by atoms with Gasteiger partial charge in [0.2, 0.25) is 0 Å². The van der Waals surface area contributed by atoms with E-state index in [2.05, 4.69) is 0 Å². The molecule has 1 aliphatic carbocycles. The first-order valence-electron chi connectivity index (χ1n) is 6.31. The maximum atomic E-state index is 12.4. The van der Waals surface area contributed by atoms with Crippen LogP contribution in [0.3, 0.4) is 0 Å². The Morgan fingerprint density at radius 1 is 1.56 bits per heavy atom. The first kappa shape index (κ1) is 12.9. The molecule has 1 saturated carbocycles. The number of amides is 1. The summed E-state index contributed by atoms with van der Waals surface area (Å²) in [4.78, 5) is 14.0. The lowest BCUT2D eigenvalue weighted by Crippen LogP contribution is -2.43. The topological polar surface area (TPSA) is 66.6 Å². The molecule has 0 bridgehead atoms. The van der Waals surface area contributed by atoms with Gasteiger partial charge in [0.15, 0.2) is 0 Å². The number of phenols is 1. The minimum Gasteiger partial charge on any atom is -0.507 e. The van der Waals surface area contributed by atoms with Crippen LogP contribution in [-0.4, -0.2) is 35.5 Å². The van der Waals surface area contributed by atoms with Crippen molar-refractivity contribution < 1.29 is 9.90 Å². The molecule has 3 N–H and O–H groups in total. The Balaban J connectivity index is 2.21. The highest BCUT2D eigenvalue weighted by Crippen LogP contribution is 2.35. The van der Waals surface area contributed by atoms with Crippen molar-refractivity contribution in [1.82, 2.24) is 4.90 Å². The second-order valence-corrected chi connectivity index (χ2v) is 5.08. The van der Waals surface area contributed by atoms with Gasteiger partial charge in [-0.25, -0.2) is 0 Å². The van der Waals surface area contributed by atoms with Gasteiger partial charge in [-0.2, -0.15) is 0 Å². The molecule has 4 heteroatoms. The summed E-state index contributed by atoms with van der Waals surface area (Å²) in [6, 6.07) is 5.14. The van der Waals surface area contributed by atoms with E-state index in [1.807, 2.05) is 6.92 Å². The van der Waals surface area contributed by atoms with Gasteiger partial charge in [-0.3, -0.25) is 4.79 Å². The summed E-state index contributed by atoms with van der Waals surface area (Å²) in [7, 11) is 1.76. The molecule has 0 saturated heterocycles. The molecule has 0 heterocycles. The number of phenolic OH excluding ortho intramolecular Hbond substituents is 1. The monoisotopic (exact) mass is 248 g/mol. The molecule has 0 aromatic heterocycles. The fourth-order valence-corrected chi connectivity index (χ4v) is 2.31. The maximum absolute atomic E-state index is 12.4. The number of hydrogen-bond acceptors (Lipinski definition) is 3. The standard InChI is InChI=1S/C14H20N2O2/c1-9-3-6-13(17)11(7-9)14(18)16(2)12(8-15)10-4-5-10/h3,6-7,10,12,17H,4-5,8,15H2,1-2H3. The highest BCUT2D eigenvalue weighted by molar-refractivity contribution is 5.97. The summed E-state index contributed by atoms with van der Waals surface area (Å²) in [5.74, 6) is 0.401. The number of nitrogens with zero attached hydrogens (tertiary/aromatic N) is 1. The summed E-state index contributed by atoms with van der Waals surface area (Å²) in [5, 5.41) is 9.78. The summed E-state index contributed by atoms with van der Waals surface area (Å²) in [5.41, 5.74) is 7.06. The number of carbonyl (C=O) groups excluding carboxylic acids is 1. The van der Waals surface area contributed by atoms with Crippen molar-refractivity contribution in [2.45, 2.75) is 25.8 Å². The Morgan fingerprint density at radius 2 is 2.22 bits per heavy atom. The molecule has 98 valence electrons. The molecule has 1 unspecified atom stereocenters. The third-order valence-corrected chi connectivity index (χ3v) is 3.61. The van der Waals surface area contributed by atoms with Crippen LogP contribution in [0.15, 0.2) is 18.2 Å². The number of likely N-dealkylation sites (N-methyl/N-ethyl adjacent to an activating group) is 1. The van der Waals surface area contributed by atoms with Gasteiger partial charge < -0.3 is 15.7 Å². The minimum atomic E-state index is -0.154. The fourth-order valence-electron chi connectivity index (χ4n) is 2.31. The van der Waals surface area contributed by atoms with Gasteiger partial charge in [0, 0.05) is 19.6 Å². The van der Waals surface area contributed by atoms with E-state index in [1.165, 1.54) is 0 Å². The molecule has 2 rings (SSSR count). The number of carbonyl (C=O) groups is 1. The molecule has 0 radical (unpaired) electrons. The highest BCUT2D eigenvalue weighted by Gasteiger charge is 2.35. The van der Waals surface area contributed by atoms with Crippen LogP contribution >= 0.6 is 0 Å². The summed E-state index contributed by atoms with van der Waals surface area (Å²) >= 11 is 0. The van der Waals surface area contributed by atoms with Crippen LogP contribution < -0.4 is 5.73 Å². The number of rotatable bonds is 4. The van der Waals surface area contributed by atoms with E-state index in [4.69, 9.17) is 5.73 Å². The zero-order chi connectivity index (χ0) is 13.3. The van der Waals surface area contributed by atoms with Gasteiger partial charge in [0.1, 0.15) is 5.75 Å². The van der Waals surface area contributed by atoms with E-state index in [-0.39, 0.29) is 17.7 Å². The van der Waals surface area contributed by atoms with Crippen LogP contribution in [0, 0.1) is 12.8 Å². The van der Waals surface area contributed by atoms with Crippen molar-refractivity contribution in [1.29, 1.82) is 0 Å². The van der Waals surface area contributed by atoms with Crippen LogP contribution in [0.5, 0.6) is 5.75 Å². The van der Waals surface area contributed by atoms with Crippen molar-refractivity contribution >= 4 is 5.91 Å². The Labute approximate surface area is 107 Å². The molecule has 1 fully saturated rings. The Morgan fingerprint density at radius 3 is 2.78 bits per heavy atom. The van der Waals surface area contributed by atoms with E-state index in [1.54, 1.807) is 30.1 Å². The molecule has 4 nitrogen and oxygen atoms in total. The average molecular weight is 248 g/mol. The number of nitrogens with two attached hydrogens (primary N) is 1. The van der Waals surface area contributed by atoms with Crippen molar-refractivity contribution in [2.24, 2.45) is 11.7 Å². The Hall–Kier alpha value is -1.55.